The van der Waals surface area contributed by atoms with E-state index in [-0.39, 0.29) is 11.6 Å². The van der Waals surface area contributed by atoms with Crippen molar-refractivity contribution in [3.63, 3.8) is 0 Å². The predicted molar refractivity (Wildman–Crippen MR) is 73.6 cm³/mol. The van der Waals surface area contributed by atoms with E-state index in [0.717, 1.165) is 32.2 Å². The molecule has 18 heavy (non-hydrogen) atoms. The predicted octanol–water partition coefficient (Wildman–Crippen LogP) is 2.92. The number of aliphatic imine (C=N–C) groups is 1. The lowest BCUT2D eigenvalue weighted by atomic mass is 9.82. The van der Waals surface area contributed by atoms with Crippen molar-refractivity contribution in [2.24, 2.45) is 16.6 Å². The molecule has 0 aromatic heterocycles. The lowest BCUT2D eigenvalue weighted by molar-refractivity contribution is 0.140. The van der Waals surface area contributed by atoms with Gasteiger partial charge in [-0.3, -0.25) is 0 Å². The monoisotopic (exact) mass is 251 g/mol. The first-order valence-electron chi connectivity index (χ1n) is 7.22. The smallest absolute Gasteiger partial charge is 0.346 e. The molecule has 0 bridgehead atoms. The molecule has 0 unspecified atom stereocenters. The van der Waals surface area contributed by atoms with Crippen molar-refractivity contribution in [1.29, 1.82) is 0 Å². The number of nitrogens with zero attached hydrogens (tertiary/aromatic N) is 2. The summed E-state index contributed by atoms with van der Waals surface area (Å²) in [4.78, 5) is 18.0. The summed E-state index contributed by atoms with van der Waals surface area (Å²) in [6, 6.07) is -0.123. The zero-order valence-electron chi connectivity index (χ0n) is 11.6. The number of urea groups is 1. The van der Waals surface area contributed by atoms with Crippen LogP contribution in [0.2, 0.25) is 0 Å². The lowest BCUT2D eigenvalue weighted by Gasteiger charge is -2.40. The normalized spacial score (nSPS) is 24.3. The lowest BCUT2D eigenvalue weighted by Crippen LogP contribution is -2.55. The summed E-state index contributed by atoms with van der Waals surface area (Å²) in [7, 11) is 0. The molecular weight excluding hydrogens is 226 g/mol. The third kappa shape index (κ3) is 2.38. The van der Waals surface area contributed by atoms with E-state index in [4.69, 9.17) is 5.73 Å². The molecular formula is C14H25N3O. The Labute approximate surface area is 110 Å². The quantitative estimate of drug-likeness (QED) is 0.820. The number of hydrogen-bond donors (Lipinski definition) is 1. The molecule has 1 fully saturated rings. The first kappa shape index (κ1) is 13.4. The van der Waals surface area contributed by atoms with Gasteiger partial charge in [-0.05, 0) is 18.8 Å². The molecule has 0 atom stereocenters. The van der Waals surface area contributed by atoms with Crippen molar-refractivity contribution < 1.29 is 4.79 Å². The first-order chi connectivity index (χ1) is 8.56. The fourth-order valence-corrected chi connectivity index (χ4v) is 3.22. The number of carbonyl (C=O) groups excluding carboxylic acids is 1. The maximum Gasteiger partial charge on any atom is 0.346 e. The zero-order valence-corrected chi connectivity index (χ0v) is 11.6. The van der Waals surface area contributed by atoms with Crippen molar-refractivity contribution in [2.45, 2.75) is 64.3 Å². The maximum atomic E-state index is 12.1. The number of hydrogen-bond acceptors (Lipinski definition) is 2. The van der Waals surface area contributed by atoms with E-state index >= 15 is 0 Å². The Morgan fingerprint density at radius 3 is 2.33 bits per heavy atom. The molecule has 0 aromatic rings. The Bertz CT molecular complexity index is 341. The Morgan fingerprint density at radius 2 is 1.78 bits per heavy atom. The zero-order chi connectivity index (χ0) is 13.2. The van der Waals surface area contributed by atoms with Crippen molar-refractivity contribution >= 4 is 11.9 Å². The van der Waals surface area contributed by atoms with Crippen LogP contribution in [0.1, 0.15) is 58.8 Å². The topological polar surface area (TPSA) is 58.7 Å². The van der Waals surface area contributed by atoms with Gasteiger partial charge in [0.25, 0.3) is 0 Å². The summed E-state index contributed by atoms with van der Waals surface area (Å²) < 4.78 is 0. The molecule has 1 spiro atoms. The summed E-state index contributed by atoms with van der Waals surface area (Å²) in [5.74, 6) is 1.02. The van der Waals surface area contributed by atoms with Crippen LogP contribution >= 0.6 is 0 Å². The van der Waals surface area contributed by atoms with Crippen molar-refractivity contribution in [1.82, 2.24) is 4.90 Å². The highest BCUT2D eigenvalue weighted by atomic mass is 16.2. The maximum absolute atomic E-state index is 12.1. The standard InChI is InChI=1S/C14H25N3O/c1-11(2)10-17-13(18)16-12(15)14(17)8-6-4-3-5-7-9-14/h11H,3-10H2,1-2H3,(H2,15,16,18). The minimum atomic E-state index is -0.262. The van der Waals surface area contributed by atoms with Gasteiger partial charge in [0, 0.05) is 6.54 Å². The van der Waals surface area contributed by atoms with E-state index < -0.39 is 0 Å². The third-order valence-electron chi connectivity index (χ3n) is 4.17. The van der Waals surface area contributed by atoms with Crippen LogP contribution in [0.15, 0.2) is 4.99 Å². The van der Waals surface area contributed by atoms with E-state index in [1.165, 1.54) is 19.3 Å². The fourth-order valence-electron chi connectivity index (χ4n) is 3.22. The summed E-state index contributed by atoms with van der Waals surface area (Å²) >= 11 is 0. The number of amidine groups is 1. The van der Waals surface area contributed by atoms with E-state index in [0.29, 0.717) is 11.8 Å². The Morgan fingerprint density at radius 1 is 1.22 bits per heavy atom. The number of amides is 2. The SMILES string of the molecule is CC(C)CN1C(=O)N=C(N)C12CCCCCCC2. The molecule has 0 saturated heterocycles. The van der Waals surface area contributed by atoms with E-state index in [9.17, 15) is 4.79 Å². The minimum Gasteiger partial charge on any atom is -0.385 e. The van der Waals surface area contributed by atoms with Gasteiger partial charge in [0.2, 0.25) is 0 Å². The molecule has 2 N–H and O–H groups in total. The minimum absolute atomic E-state index is 0.123. The highest BCUT2D eigenvalue weighted by Gasteiger charge is 2.47. The molecule has 0 radical (unpaired) electrons. The van der Waals surface area contributed by atoms with Crippen LogP contribution in [-0.2, 0) is 0 Å². The summed E-state index contributed by atoms with van der Waals surface area (Å²) in [6.07, 6.45) is 8.08. The number of nitrogens with two attached hydrogens (primary N) is 1. The molecule has 1 aliphatic carbocycles. The van der Waals surface area contributed by atoms with Gasteiger partial charge in [0.1, 0.15) is 11.4 Å². The second-order valence-electron chi connectivity index (χ2n) is 6.08. The third-order valence-corrected chi connectivity index (χ3v) is 4.17. The summed E-state index contributed by atoms with van der Waals surface area (Å²) in [5.41, 5.74) is 5.85. The molecule has 0 aromatic carbocycles. The van der Waals surface area contributed by atoms with Gasteiger partial charge < -0.3 is 10.6 Å². The van der Waals surface area contributed by atoms with Crippen LogP contribution in [0.5, 0.6) is 0 Å². The van der Waals surface area contributed by atoms with Crippen molar-refractivity contribution in [3.05, 3.63) is 0 Å². The van der Waals surface area contributed by atoms with Crippen LogP contribution in [0, 0.1) is 5.92 Å². The van der Waals surface area contributed by atoms with E-state index in [2.05, 4.69) is 18.8 Å². The van der Waals surface area contributed by atoms with Gasteiger partial charge in [-0.25, -0.2) is 4.79 Å². The van der Waals surface area contributed by atoms with Crippen molar-refractivity contribution in [3.8, 4) is 0 Å². The van der Waals surface area contributed by atoms with Crippen LogP contribution in [-0.4, -0.2) is 28.9 Å². The van der Waals surface area contributed by atoms with Crippen LogP contribution in [0.4, 0.5) is 4.79 Å². The second-order valence-corrected chi connectivity index (χ2v) is 6.08. The second kappa shape index (κ2) is 5.29. The Hall–Kier alpha value is -1.06. The van der Waals surface area contributed by atoms with Gasteiger partial charge in [-0.1, -0.05) is 46.0 Å². The first-order valence-corrected chi connectivity index (χ1v) is 7.22. The van der Waals surface area contributed by atoms with Gasteiger partial charge in [-0.15, -0.1) is 0 Å². The molecule has 1 aliphatic heterocycles. The molecule has 2 aliphatic rings. The van der Waals surface area contributed by atoms with Gasteiger partial charge in [0.05, 0.1) is 0 Å². The molecule has 102 valence electrons. The fraction of sp³-hybridized carbons (Fsp3) is 0.857. The van der Waals surface area contributed by atoms with Crippen molar-refractivity contribution in [2.75, 3.05) is 6.54 Å². The number of rotatable bonds is 2. The number of carbonyl (C=O) groups is 1. The largest absolute Gasteiger partial charge is 0.385 e. The van der Waals surface area contributed by atoms with Gasteiger partial charge >= 0.3 is 6.03 Å². The molecule has 2 rings (SSSR count). The average molecular weight is 251 g/mol. The molecule has 2 amide bonds. The molecule has 4 heteroatoms. The van der Waals surface area contributed by atoms with Gasteiger partial charge in [0.15, 0.2) is 0 Å². The highest BCUT2D eigenvalue weighted by molar-refractivity contribution is 6.05. The highest BCUT2D eigenvalue weighted by Crippen LogP contribution is 2.36. The summed E-state index contributed by atoms with van der Waals surface area (Å²) in [6.45, 7) is 5.04. The Kier molecular flexibility index (Phi) is 3.93. The van der Waals surface area contributed by atoms with Crippen LogP contribution < -0.4 is 5.73 Å². The van der Waals surface area contributed by atoms with Crippen LogP contribution in [0.25, 0.3) is 0 Å². The molecule has 1 saturated carbocycles. The van der Waals surface area contributed by atoms with E-state index in [1.54, 1.807) is 0 Å². The average Bonchev–Trinajstić information content (AvgIpc) is 2.47. The van der Waals surface area contributed by atoms with Gasteiger partial charge in [-0.2, -0.15) is 4.99 Å². The summed E-state index contributed by atoms with van der Waals surface area (Å²) in [5, 5.41) is 0. The van der Waals surface area contributed by atoms with Crippen LogP contribution in [0.3, 0.4) is 0 Å². The Balaban J connectivity index is 2.23. The van der Waals surface area contributed by atoms with E-state index in [1.807, 2.05) is 4.90 Å². The molecule has 1 heterocycles. The molecule has 4 nitrogen and oxygen atoms in total.